The third-order valence-corrected chi connectivity index (χ3v) is 3.47. The van der Waals surface area contributed by atoms with Gasteiger partial charge < -0.3 is 9.64 Å². The molecule has 3 heteroatoms. The van der Waals surface area contributed by atoms with Crippen molar-refractivity contribution < 1.29 is 9.53 Å². The Morgan fingerprint density at radius 1 is 1.26 bits per heavy atom. The maximum absolute atomic E-state index is 12.1. The highest BCUT2D eigenvalue weighted by atomic mass is 16.5. The van der Waals surface area contributed by atoms with Crippen molar-refractivity contribution in [3.63, 3.8) is 0 Å². The van der Waals surface area contributed by atoms with Crippen LogP contribution in [0.4, 0.5) is 5.69 Å². The minimum atomic E-state index is 0.239. The van der Waals surface area contributed by atoms with E-state index < -0.39 is 0 Å². The first-order valence-corrected chi connectivity index (χ1v) is 7.34. The number of carbonyl (C=O) groups is 1. The summed E-state index contributed by atoms with van der Waals surface area (Å²) in [5.74, 6) is 1.10. The predicted octanol–water partition coefficient (Wildman–Crippen LogP) is 3.77. The second-order valence-electron chi connectivity index (χ2n) is 5.06. The number of unbranched alkanes of at least 4 members (excludes halogenated alkanes) is 1. The fourth-order valence-corrected chi connectivity index (χ4v) is 2.33. The third-order valence-electron chi connectivity index (χ3n) is 3.47. The van der Waals surface area contributed by atoms with Crippen LogP contribution in [0.1, 0.15) is 45.4 Å². The van der Waals surface area contributed by atoms with Crippen molar-refractivity contribution in [1.29, 1.82) is 0 Å². The Labute approximate surface area is 115 Å². The first kappa shape index (κ1) is 13.9. The van der Waals surface area contributed by atoms with Crippen molar-refractivity contribution >= 4 is 11.6 Å². The minimum absolute atomic E-state index is 0.239. The second kappa shape index (κ2) is 7.17. The number of carbonyl (C=O) groups excluding carboxylic acids is 1. The fourth-order valence-electron chi connectivity index (χ4n) is 2.33. The van der Waals surface area contributed by atoms with Gasteiger partial charge in [-0.05, 0) is 31.4 Å². The van der Waals surface area contributed by atoms with E-state index in [0.29, 0.717) is 6.42 Å². The van der Waals surface area contributed by atoms with Crippen LogP contribution in [0.25, 0.3) is 0 Å². The molecular weight excluding hydrogens is 238 g/mol. The van der Waals surface area contributed by atoms with Gasteiger partial charge in [0.05, 0.1) is 6.61 Å². The van der Waals surface area contributed by atoms with Gasteiger partial charge in [-0.3, -0.25) is 4.79 Å². The van der Waals surface area contributed by atoms with Crippen molar-refractivity contribution in [3.8, 4) is 5.75 Å². The number of benzene rings is 1. The van der Waals surface area contributed by atoms with E-state index >= 15 is 0 Å². The lowest BCUT2D eigenvalue weighted by atomic mass is 10.2. The molecule has 0 spiro atoms. The quantitative estimate of drug-likeness (QED) is 0.755. The van der Waals surface area contributed by atoms with Gasteiger partial charge in [0.2, 0.25) is 5.91 Å². The highest BCUT2D eigenvalue weighted by Crippen LogP contribution is 2.24. The number of nitrogens with zero attached hydrogens (tertiary/aromatic N) is 1. The molecule has 2 rings (SSSR count). The fraction of sp³-hybridized carbons (Fsp3) is 0.562. The minimum Gasteiger partial charge on any atom is -0.494 e. The third kappa shape index (κ3) is 3.98. The summed E-state index contributed by atoms with van der Waals surface area (Å²) in [5, 5.41) is 0. The summed E-state index contributed by atoms with van der Waals surface area (Å²) in [4.78, 5) is 14.0. The van der Waals surface area contributed by atoms with Crippen molar-refractivity contribution in [2.24, 2.45) is 0 Å². The maximum atomic E-state index is 12.1. The van der Waals surface area contributed by atoms with E-state index in [0.717, 1.165) is 56.7 Å². The molecule has 0 saturated carbocycles. The lowest BCUT2D eigenvalue weighted by Gasteiger charge is -2.21. The molecule has 3 nitrogen and oxygen atoms in total. The first-order valence-electron chi connectivity index (χ1n) is 7.34. The second-order valence-corrected chi connectivity index (χ2v) is 5.06. The van der Waals surface area contributed by atoms with E-state index in [2.05, 4.69) is 6.92 Å². The molecule has 0 atom stereocenters. The summed E-state index contributed by atoms with van der Waals surface area (Å²) < 4.78 is 5.71. The smallest absolute Gasteiger partial charge is 0.226 e. The Hall–Kier alpha value is -1.51. The number of anilines is 1. The van der Waals surface area contributed by atoms with Crippen LogP contribution in [-0.4, -0.2) is 19.1 Å². The van der Waals surface area contributed by atoms with Crippen molar-refractivity contribution in [3.05, 3.63) is 24.3 Å². The SMILES string of the molecule is CCCCOc1cccc(N2CCCCCC2=O)c1. The zero-order valence-corrected chi connectivity index (χ0v) is 11.7. The normalized spacial score (nSPS) is 16.3. The molecule has 1 heterocycles. The first-order chi connectivity index (χ1) is 9.31. The van der Waals surface area contributed by atoms with E-state index in [1.165, 1.54) is 0 Å². The van der Waals surface area contributed by atoms with Crippen molar-refractivity contribution in [2.45, 2.75) is 45.4 Å². The average molecular weight is 261 g/mol. The van der Waals surface area contributed by atoms with Crippen LogP contribution in [0.3, 0.4) is 0 Å². The average Bonchev–Trinajstić information content (AvgIpc) is 2.64. The van der Waals surface area contributed by atoms with Crippen LogP contribution in [0, 0.1) is 0 Å². The molecular formula is C16H23NO2. The molecule has 0 bridgehead atoms. The molecule has 0 N–H and O–H groups in total. The Balaban J connectivity index is 2.06. The van der Waals surface area contributed by atoms with Gasteiger partial charge in [-0.15, -0.1) is 0 Å². The molecule has 0 aliphatic carbocycles. The standard InChI is InChI=1S/C16H23NO2/c1-2-3-12-19-15-9-7-8-14(13-15)17-11-6-4-5-10-16(17)18/h7-9,13H,2-6,10-12H2,1H3. The molecule has 104 valence electrons. The largest absolute Gasteiger partial charge is 0.494 e. The van der Waals surface area contributed by atoms with Gasteiger partial charge in [0.1, 0.15) is 5.75 Å². The van der Waals surface area contributed by atoms with Crippen LogP contribution in [0.15, 0.2) is 24.3 Å². The topological polar surface area (TPSA) is 29.5 Å². The van der Waals surface area contributed by atoms with Gasteiger partial charge in [0.15, 0.2) is 0 Å². The molecule has 1 aromatic rings. The number of ether oxygens (including phenoxy) is 1. The summed E-state index contributed by atoms with van der Waals surface area (Å²) in [6.07, 6.45) is 6.11. The van der Waals surface area contributed by atoms with E-state index in [9.17, 15) is 4.79 Å². The molecule has 0 radical (unpaired) electrons. The molecule has 1 saturated heterocycles. The molecule has 0 aromatic heterocycles. The van der Waals surface area contributed by atoms with Crippen LogP contribution in [0.5, 0.6) is 5.75 Å². The molecule has 0 unspecified atom stereocenters. The van der Waals surface area contributed by atoms with Gasteiger partial charge in [-0.1, -0.05) is 25.8 Å². The number of amides is 1. The van der Waals surface area contributed by atoms with Gasteiger partial charge in [0, 0.05) is 24.7 Å². The van der Waals surface area contributed by atoms with E-state index in [1.807, 2.05) is 29.2 Å². The maximum Gasteiger partial charge on any atom is 0.226 e. The van der Waals surface area contributed by atoms with Crippen LogP contribution >= 0.6 is 0 Å². The van der Waals surface area contributed by atoms with Gasteiger partial charge in [-0.25, -0.2) is 0 Å². The number of hydrogen-bond donors (Lipinski definition) is 0. The summed E-state index contributed by atoms with van der Waals surface area (Å²) >= 11 is 0. The summed E-state index contributed by atoms with van der Waals surface area (Å²) in [6.45, 7) is 3.72. The molecule has 1 fully saturated rings. The predicted molar refractivity (Wildman–Crippen MR) is 77.7 cm³/mol. The Morgan fingerprint density at radius 2 is 2.16 bits per heavy atom. The summed E-state index contributed by atoms with van der Waals surface area (Å²) in [6, 6.07) is 7.91. The Bertz CT molecular complexity index is 417. The molecule has 1 aliphatic heterocycles. The van der Waals surface area contributed by atoms with Gasteiger partial charge >= 0.3 is 0 Å². The van der Waals surface area contributed by atoms with E-state index in [1.54, 1.807) is 0 Å². The van der Waals surface area contributed by atoms with Crippen LogP contribution in [0.2, 0.25) is 0 Å². The van der Waals surface area contributed by atoms with Crippen molar-refractivity contribution in [1.82, 2.24) is 0 Å². The Kier molecular flexibility index (Phi) is 5.25. The van der Waals surface area contributed by atoms with Crippen molar-refractivity contribution in [2.75, 3.05) is 18.1 Å². The number of rotatable bonds is 5. The number of hydrogen-bond acceptors (Lipinski definition) is 2. The van der Waals surface area contributed by atoms with Crippen LogP contribution in [-0.2, 0) is 4.79 Å². The van der Waals surface area contributed by atoms with E-state index in [-0.39, 0.29) is 5.91 Å². The molecule has 1 amide bonds. The van der Waals surface area contributed by atoms with E-state index in [4.69, 9.17) is 4.74 Å². The zero-order chi connectivity index (χ0) is 13.5. The van der Waals surface area contributed by atoms with Gasteiger partial charge in [0.25, 0.3) is 0 Å². The molecule has 1 aromatic carbocycles. The monoisotopic (exact) mass is 261 g/mol. The molecule has 1 aliphatic rings. The highest BCUT2D eigenvalue weighted by Gasteiger charge is 2.18. The van der Waals surface area contributed by atoms with Gasteiger partial charge in [-0.2, -0.15) is 0 Å². The van der Waals surface area contributed by atoms with Crippen LogP contribution < -0.4 is 9.64 Å². The highest BCUT2D eigenvalue weighted by molar-refractivity contribution is 5.93. The Morgan fingerprint density at radius 3 is 3.00 bits per heavy atom. The lowest BCUT2D eigenvalue weighted by molar-refractivity contribution is -0.118. The summed E-state index contributed by atoms with van der Waals surface area (Å²) in [5.41, 5.74) is 0.973. The lowest BCUT2D eigenvalue weighted by Crippen LogP contribution is -2.29. The summed E-state index contributed by atoms with van der Waals surface area (Å²) in [7, 11) is 0. The molecule has 19 heavy (non-hydrogen) atoms. The zero-order valence-electron chi connectivity index (χ0n) is 11.7.